The van der Waals surface area contributed by atoms with Gasteiger partial charge in [0.1, 0.15) is 0 Å². The van der Waals surface area contributed by atoms with Crippen molar-refractivity contribution in [1.29, 1.82) is 0 Å². The number of carbonyl (C=O) groups is 2. The van der Waals surface area contributed by atoms with E-state index in [2.05, 4.69) is 66.9 Å². The van der Waals surface area contributed by atoms with Gasteiger partial charge >= 0.3 is 261 Å². The molecule has 1 fully saturated rings. The number of anilines is 2. The molecule has 0 aliphatic carbocycles. The van der Waals surface area contributed by atoms with E-state index in [9.17, 15) is 9.59 Å². The van der Waals surface area contributed by atoms with E-state index >= 15 is 0 Å². The van der Waals surface area contributed by atoms with E-state index in [4.69, 9.17) is 12.2 Å². The molecule has 0 N–H and O–H groups in total. The minimum atomic E-state index is -0.411. The number of benzene rings is 4. The zero-order chi connectivity index (χ0) is 29.5. The predicted octanol–water partition coefficient (Wildman–Crippen LogP) is 7.23. The van der Waals surface area contributed by atoms with Crippen LogP contribution in [0.5, 0.6) is 0 Å². The molecule has 0 spiro atoms. The van der Waals surface area contributed by atoms with Crippen LogP contribution in [-0.4, -0.2) is 36.0 Å². The molecule has 4 aromatic carbocycles. The van der Waals surface area contributed by atoms with Gasteiger partial charge in [0.05, 0.1) is 0 Å². The Hall–Kier alpha value is -4.55. The number of amides is 2. The number of hydrogen-bond acceptors (Lipinski definition) is 3. The molecule has 0 saturated carbocycles. The second-order valence-corrected chi connectivity index (χ2v) is 13.9. The SMILES string of the molecule is CC1(C)c2cc(C=C3C(=O)N(c4ccccc4)C(=S)N(c4ccccc4)C3=O)[se]c2-n2c3ccccc3c3cccc1c32. The van der Waals surface area contributed by atoms with Crippen molar-refractivity contribution >= 4 is 82.9 Å². The van der Waals surface area contributed by atoms with E-state index in [0.717, 1.165) is 4.44 Å². The Labute approximate surface area is 260 Å². The maximum absolute atomic E-state index is 14.1. The normalized spacial score (nSPS) is 15.9. The average molecular weight is 643 g/mol. The molecule has 2 aliphatic heterocycles. The number of rotatable bonds is 3. The number of carbonyl (C=O) groups excluding carboxylic acids is 2. The summed E-state index contributed by atoms with van der Waals surface area (Å²) in [6.45, 7) is 4.54. The fraction of sp³-hybridized carbons (Fsp3) is 0.0833. The molecule has 2 aromatic heterocycles. The van der Waals surface area contributed by atoms with Gasteiger partial charge in [-0.15, -0.1) is 0 Å². The molecule has 0 radical (unpaired) electrons. The maximum atomic E-state index is 14.1. The second-order valence-electron chi connectivity index (χ2n) is 11.3. The van der Waals surface area contributed by atoms with Crippen molar-refractivity contribution in [3.63, 3.8) is 0 Å². The van der Waals surface area contributed by atoms with Crippen molar-refractivity contribution in [2.75, 3.05) is 9.80 Å². The summed E-state index contributed by atoms with van der Waals surface area (Å²) in [4.78, 5) is 31.1. The van der Waals surface area contributed by atoms with E-state index in [1.807, 2.05) is 60.7 Å². The van der Waals surface area contributed by atoms with Crippen LogP contribution in [0.3, 0.4) is 0 Å². The van der Waals surface area contributed by atoms with Crippen molar-refractivity contribution in [2.24, 2.45) is 0 Å². The summed E-state index contributed by atoms with van der Waals surface area (Å²) in [5, 5.41) is 2.62. The summed E-state index contributed by atoms with van der Waals surface area (Å²) in [6.07, 6.45) is 1.81. The first-order chi connectivity index (χ1) is 20.9. The van der Waals surface area contributed by atoms with E-state index in [1.54, 1.807) is 6.08 Å². The molecule has 7 heteroatoms. The first-order valence-corrected chi connectivity index (χ1v) is 16.2. The summed E-state index contributed by atoms with van der Waals surface area (Å²) in [7, 11) is 0. The van der Waals surface area contributed by atoms with Crippen molar-refractivity contribution < 1.29 is 9.59 Å². The molecule has 5 nitrogen and oxygen atoms in total. The summed E-state index contributed by atoms with van der Waals surface area (Å²) >= 11 is 5.64. The van der Waals surface area contributed by atoms with Gasteiger partial charge in [-0.1, -0.05) is 0 Å². The number of thiocarbonyl (C=S) groups is 1. The molecule has 0 bridgehead atoms. The van der Waals surface area contributed by atoms with Gasteiger partial charge < -0.3 is 0 Å². The number of hydrogen-bond donors (Lipinski definition) is 0. The van der Waals surface area contributed by atoms with E-state index in [-0.39, 0.29) is 30.6 Å². The molecule has 6 aromatic rings. The van der Waals surface area contributed by atoms with Gasteiger partial charge in [-0.3, -0.25) is 0 Å². The molecule has 2 amide bonds. The van der Waals surface area contributed by atoms with Crippen LogP contribution in [0.2, 0.25) is 0 Å². The van der Waals surface area contributed by atoms with E-state index in [0.29, 0.717) is 11.4 Å². The number of fused-ring (bicyclic) bond motifs is 5. The second kappa shape index (κ2) is 9.48. The van der Waals surface area contributed by atoms with Gasteiger partial charge in [0.15, 0.2) is 0 Å². The molecular formula is C36H25N3O2SSe. The third-order valence-electron chi connectivity index (χ3n) is 8.54. The third kappa shape index (κ3) is 3.72. The Bertz CT molecular complexity index is 2110. The average Bonchev–Trinajstić information content (AvgIpc) is 3.60. The third-order valence-corrected chi connectivity index (χ3v) is 11.1. The predicted molar refractivity (Wildman–Crippen MR) is 178 cm³/mol. The quantitative estimate of drug-likeness (QED) is 0.0886. The Morgan fingerprint density at radius 2 is 1.28 bits per heavy atom. The first-order valence-electron chi connectivity index (χ1n) is 14.1. The molecule has 208 valence electrons. The Balaban J connectivity index is 1.33. The van der Waals surface area contributed by atoms with Gasteiger partial charge in [0.2, 0.25) is 0 Å². The van der Waals surface area contributed by atoms with Crippen molar-refractivity contribution in [1.82, 2.24) is 4.57 Å². The fourth-order valence-electron chi connectivity index (χ4n) is 6.45. The molecule has 2 aliphatic rings. The summed E-state index contributed by atoms with van der Waals surface area (Å²) in [6, 6.07) is 35.9. The number of nitrogens with zero attached hydrogens (tertiary/aromatic N) is 3. The van der Waals surface area contributed by atoms with Gasteiger partial charge in [-0.05, 0) is 0 Å². The standard InChI is InChI=1S/C36H25N3O2SSe/c1-36(2)28-18-11-17-26-25-16-9-10-19-30(25)39(31(26)28)34-29(36)21-24(43-34)20-27-32(40)37(22-12-5-3-6-13-22)35(42)38(33(27)41)23-14-7-4-8-15-23/h3-21H,1-2H3. The molecule has 43 heavy (non-hydrogen) atoms. The number of aromatic nitrogens is 1. The van der Waals surface area contributed by atoms with Crippen LogP contribution in [0.4, 0.5) is 11.4 Å². The van der Waals surface area contributed by atoms with Crippen molar-refractivity contribution in [3.8, 4) is 4.56 Å². The van der Waals surface area contributed by atoms with Crippen LogP contribution in [0.25, 0.3) is 32.4 Å². The topological polar surface area (TPSA) is 45.6 Å². The van der Waals surface area contributed by atoms with Crippen molar-refractivity contribution in [2.45, 2.75) is 19.3 Å². The fourth-order valence-corrected chi connectivity index (χ4v) is 9.51. The van der Waals surface area contributed by atoms with E-state index < -0.39 is 11.8 Å². The minimum absolute atomic E-state index is 0.104. The molecule has 8 rings (SSSR count). The van der Waals surface area contributed by atoms with Gasteiger partial charge in [-0.25, -0.2) is 0 Å². The molecule has 4 heterocycles. The molecule has 0 atom stereocenters. The Morgan fingerprint density at radius 1 is 0.698 bits per heavy atom. The molecule has 0 unspecified atom stereocenters. The van der Waals surface area contributed by atoms with Gasteiger partial charge in [0.25, 0.3) is 0 Å². The Kier molecular flexibility index (Phi) is 5.75. The van der Waals surface area contributed by atoms with Crippen molar-refractivity contribution in [3.05, 3.63) is 130 Å². The van der Waals surface area contributed by atoms with Crippen LogP contribution in [-0.2, 0) is 15.0 Å². The van der Waals surface area contributed by atoms with Crippen LogP contribution >= 0.6 is 12.2 Å². The first kappa shape index (κ1) is 26.1. The zero-order valence-electron chi connectivity index (χ0n) is 23.4. The summed E-state index contributed by atoms with van der Waals surface area (Å²) in [5.74, 6) is -0.822. The summed E-state index contributed by atoms with van der Waals surface area (Å²) in [5.41, 5.74) is 6.04. The van der Waals surface area contributed by atoms with Crippen LogP contribution in [0, 0.1) is 0 Å². The van der Waals surface area contributed by atoms with E-state index in [1.165, 1.54) is 47.3 Å². The van der Waals surface area contributed by atoms with Gasteiger partial charge in [0, 0.05) is 0 Å². The monoisotopic (exact) mass is 643 g/mol. The van der Waals surface area contributed by atoms with Crippen LogP contribution in [0.15, 0.2) is 115 Å². The Morgan fingerprint density at radius 3 is 1.93 bits per heavy atom. The molecular weight excluding hydrogens is 617 g/mol. The molecule has 1 saturated heterocycles. The van der Waals surface area contributed by atoms with Crippen LogP contribution in [0.1, 0.15) is 29.4 Å². The zero-order valence-corrected chi connectivity index (χ0v) is 26.0. The van der Waals surface area contributed by atoms with Gasteiger partial charge in [-0.2, -0.15) is 0 Å². The summed E-state index contributed by atoms with van der Waals surface area (Å²) < 4.78 is 4.64. The van der Waals surface area contributed by atoms with Crippen LogP contribution < -0.4 is 9.80 Å². The number of para-hydroxylation sites is 4.